The van der Waals surface area contributed by atoms with Gasteiger partial charge >= 0.3 is 0 Å². The average molecular weight is 494 g/mol. The average Bonchev–Trinajstić information content (AvgIpc) is 2.93. The first-order chi connectivity index (χ1) is 18.1. The molecular weight excluding hydrogens is 462 g/mol. The highest BCUT2D eigenvalue weighted by atomic mass is 16.1. The van der Waals surface area contributed by atoms with Crippen LogP contribution in [0.1, 0.15) is 5.56 Å². The van der Waals surface area contributed by atoms with E-state index in [1.807, 2.05) is 6.20 Å². The maximum absolute atomic E-state index is 9.30. The molecule has 5 rings (SSSR count). The molecule has 0 atom stereocenters. The van der Waals surface area contributed by atoms with Crippen molar-refractivity contribution < 1.29 is 4.79 Å². The molecule has 4 aromatic rings. The fraction of sp³-hybridized carbons (Fsp3) is 0.241. The Hall–Kier alpha value is -4.48. The van der Waals surface area contributed by atoms with Gasteiger partial charge in [-0.25, -0.2) is 9.97 Å². The number of hydrogen-bond acceptors (Lipinski definition) is 7. The molecule has 2 heterocycles. The normalized spacial score (nSPS) is 13.3. The van der Waals surface area contributed by atoms with Crippen molar-refractivity contribution in [1.82, 2.24) is 20.2 Å². The molecule has 0 spiro atoms. The van der Waals surface area contributed by atoms with E-state index in [0.29, 0.717) is 12.4 Å². The number of amides is 1. The minimum absolute atomic E-state index is 0.101. The van der Waals surface area contributed by atoms with Crippen LogP contribution in [-0.4, -0.2) is 61.0 Å². The van der Waals surface area contributed by atoms with Crippen LogP contribution in [-0.2, 0) is 4.79 Å². The molecule has 1 fully saturated rings. The molecule has 1 saturated heterocycles. The number of carbonyl (C=O) groups excluding carboxylic acids is 1. The topological polar surface area (TPSA) is 97.2 Å². The van der Waals surface area contributed by atoms with Gasteiger partial charge in [-0.05, 0) is 37.7 Å². The fourth-order valence-electron chi connectivity index (χ4n) is 4.14. The van der Waals surface area contributed by atoms with Gasteiger partial charge in [-0.3, -0.25) is 4.79 Å². The van der Waals surface area contributed by atoms with Crippen LogP contribution in [0, 0.1) is 18.3 Å². The van der Waals surface area contributed by atoms with Crippen molar-refractivity contribution in [3.8, 4) is 17.2 Å². The van der Waals surface area contributed by atoms with Crippen LogP contribution in [0.25, 0.3) is 22.0 Å². The first kappa shape index (κ1) is 25.6. The minimum atomic E-state index is 0.101. The zero-order valence-electron chi connectivity index (χ0n) is 21.2. The highest BCUT2D eigenvalue weighted by Gasteiger charge is 2.14. The molecule has 0 unspecified atom stereocenters. The van der Waals surface area contributed by atoms with Crippen molar-refractivity contribution in [2.24, 2.45) is 0 Å². The van der Waals surface area contributed by atoms with Gasteiger partial charge in [0.15, 0.2) is 0 Å². The number of piperazine rings is 1. The number of para-hydroxylation sites is 1. The predicted octanol–water partition coefficient (Wildman–Crippen LogP) is 4.36. The molecule has 188 valence electrons. The number of nitriles is 1. The fourth-order valence-corrected chi connectivity index (χ4v) is 4.14. The lowest BCUT2D eigenvalue weighted by molar-refractivity contribution is -0.109. The molecule has 37 heavy (non-hydrogen) atoms. The lowest BCUT2D eigenvalue weighted by Crippen LogP contribution is -2.44. The number of carbonyl (C=O) groups is 1. The Kier molecular flexibility index (Phi) is 8.63. The van der Waals surface area contributed by atoms with E-state index in [9.17, 15) is 4.79 Å². The molecule has 0 aliphatic carbocycles. The summed E-state index contributed by atoms with van der Waals surface area (Å²) in [6.45, 7) is 6.48. The van der Waals surface area contributed by atoms with Gasteiger partial charge in [0.2, 0.25) is 12.4 Å². The first-order valence-electron chi connectivity index (χ1n) is 12.2. The summed E-state index contributed by atoms with van der Waals surface area (Å²) >= 11 is 0. The number of rotatable bonds is 6. The number of likely N-dealkylation sites (N-methyl/N-ethyl adjacent to an activating group) is 1. The van der Waals surface area contributed by atoms with Gasteiger partial charge in [0, 0.05) is 54.7 Å². The zero-order chi connectivity index (χ0) is 26.0. The highest BCUT2D eigenvalue weighted by Crippen LogP contribution is 2.29. The second-order valence-corrected chi connectivity index (χ2v) is 8.93. The van der Waals surface area contributed by atoms with Crippen LogP contribution < -0.4 is 15.5 Å². The van der Waals surface area contributed by atoms with Gasteiger partial charge in [0.05, 0.1) is 11.6 Å². The van der Waals surface area contributed by atoms with Crippen LogP contribution in [0.2, 0.25) is 0 Å². The molecule has 1 aromatic heterocycles. The van der Waals surface area contributed by atoms with Gasteiger partial charge in [0.25, 0.3) is 0 Å². The van der Waals surface area contributed by atoms with Crippen LogP contribution in [0.4, 0.5) is 17.3 Å². The Labute approximate surface area is 217 Å². The molecule has 8 nitrogen and oxygen atoms in total. The maximum Gasteiger partial charge on any atom is 0.227 e. The predicted molar refractivity (Wildman–Crippen MR) is 149 cm³/mol. The second kappa shape index (κ2) is 12.5. The highest BCUT2D eigenvalue weighted by molar-refractivity contribution is 5.93. The Balaban J connectivity index is 0.000000480. The number of nitrogens with zero attached hydrogens (tertiary/aromatic N) is 5. The van der Waals surface area contributed by atoms with E-state index in [-0.39, 0.29) is 6.54 Å². The zero-order valence-corrected chi connectivity index (χ0v) is 21.2. The van der Waals surface area contributed by atoms with Crippen LogP contribution >= 0.6 is 0 Å². The molecule has 1 aliphatic heterocycles. The van der Waals surface area contributed by atoms with Crippen LogP contribution in [0.3, 0.4) is 0 Å². The molecule has 0 saturated carbocycles. The minimum Gasteiger partial charge on any atom is -0.369 e. The molecule has 1 amide bonds. The molecule has 0 bridgehead atoms. The Morgan fingerprint density at radius 2 is 1.78 bits per heavy atom. The SMILES string of the molecule is Cc1ccc(-c2cccc3cnc(Nc4cccc(N5CCN(C)CC5)c4)nc23)cc1.N#CCNC=O. The van der Waals surface area contributed by atoms with Gasteiger partial charge in [-0.1, -0.05) is 54.1 Å². The first-order valence-corrected chi connectivity index (χ1v) is 12.2. The Morgan fingerprint density at radius 1 is 1.03 bits per heavy atom. The summed E-state index contributed by atoms with van der Waals surface area (Å²) in [5.41, 5.74) is 6.73. The Bertz CT molecular complexity index is 1370. The van der Waals surface area contributed by atoms with Crippen molar-refractivity contribution in [2.75, 3.05) is 50.0 Å². The number of aromatic nitrogens is 2. The van der Waals surface area contributed by atoms with E-state index in [0.717, 1.165) is 53.9 Å². The van der Waals surface area contributed by atoms with E-state index >= 15 is 0 Å². The van der Waals surface area contributed by atoms with Crippen molar-refractivity contribution in [3.05, 3.63) is 78.5 Å². The van der Waals surface area contributed by atoms with Gasteiger partial charge in [0.1, 0.15) is 6.54 Å². The summed E-state index contributed by atoms with van der Waals surface area (Å²) in [5, 5.41) is 14.3. The number of hydrogen-bond donors (Lipinski definition) is 2. The van der Waals surface area contributed by atoms with Crippen LogP contribution in [0.15, 0.2) is 72.9 Å². The van der Waals surface area contributed by atoms with E-state index in [4.69, 9.17) is 10.2 Å². The quantitative estimate of drug-likeness (QED) is 0.234. The van der Waals surface area contributed by atoms with Crippen molar-refractivity contribution >= 4 is 34.6 Å². The monoisotopic (exact) mass is 493 g/mol. The van der Waals surface area contributed by atoms with Crippen molar-refractivity contribution in [1.29, 1.82) is 5.26 Å². The van der Waals surface area contributed by atoms with E-state index < -0.39 is 0 Å². The third-order valence-corrected chi connectivity index (χ3v) is 6.21. The van der Waals surface area contributed by atoms with E-state index in [2.05, 4.69) is 106 Å². The number of anilines is 3. The number of aryl methyl sites for hydroxylation is 1. The summed E-state index contributed by atoms with van der Waals surface area (Å²) in [6.07, 6.45) is 2.38. The van der Waals surface area contributed by atoms with Gasteiger partial charge in [-0.15, -0.1) is 0 Å². The summed E-state index contributed by atoms with van der Waals surface area (Å²) in [7, 11) is 2.18. The molecule has 2 N–H and O–H groups in total. The largest absolute Gasteiger partial charge is 0.369 e. The third-order valence-electron chi connectivity index (χ3n) is 6.21. The van der Waals surface area contributed by atoms with Gasteiger partial charge < -0.3 is 20.4 Å². The van der Waals surface area contributed by atoms with E-state index in [1.54, 1.807) is 6.07 Å². The smallest absolute Gasteiger partial charge is 0.227 e. The molecule has 8 heteroatoms. The number of fused-ring (bicyclic) bond motifs is 1. The Morgan fingerprint density at radius 3 is 2.49 bits per heavy atom. The summed E-state index contributed by atoms with van der Waals surface area (Å²) in [5.74, 6) is 0.614. The number of nitrogens with one attached hydrogen (secondary N) is 2. The van der Waals surface area contributed by atoms with Crippen molar-refractivity contribution in [3.63, 3.8) is 0 Å². The summed E-state index contributed by atoms with van der Waals surface area (Å²) in [4.78, 5) is 23.5. The molecule has 0 radical (unpaired) electrons. The van der Waals surface area contributed by atoms with E-state index in [1.165, 1.54) is 11.3 Å². The van der Waals surface area contributed by atoms with Crippen molar-refractivity contribution in [2.45, 2.75) is 6.92 Å². The molecule has 3 aromatic carbocycles. The second-order valence-electron chi connectivity index (χ2n) is 8.93. The third kappa shape index (κ3) is 6.81. The summed E-state index contributed by atoms with van der Waals surface area (Å²) in [6, 6.07) is 25.1. The lowest BCUT2D eigenvalue weighted by atomic mass is 10.0. The number of benzene rings is 3. The molecule has 1 aliphatic rings. The summed E-state index contributed by atoms with van der Waals surface area (Å²) < 4.78 is 0. The molecular formula is C29H31N7O. The standard InChI is InChI=1S/C26H27N5.C3H4N2O/c1-19-9-11-20(12-10-19)24-8-3-5-21-18-27-26(29-25(21)24)28-22-6-4-7-23(17-22)31-15-13-30(2)14-16-31;4-1-2-5-3-6/h3-12,17-18H,13-16H2,1-2H3,(H,27,28,29);3H,2H2,(H,5,6). The van der Waals surface area contributed by atoms with Crippen LogP contribution in [0.5, 0.6) is 0 Å². The lowest BCUT2D eigenvalue weighted by Gasteiger charge is -2.34. The maximum atomic E-state index is 9.30. The van der Waals surface area contributed by atoms with Gasteiger partial charge in [-0.2, -0.15) is 5.26 Å².